The second kappa shape index (κ2) is 6.72. The smallest absolute Gasteiger partial charge is 0.0680 e. The summed E-state index contributed by atoms with van der Waals surface area (Å²) in [6, 6.07) is 6.81. The highest BCUT2D eigenvalue weighted by Crippen LogP contribution is 2.32. The van der Waals surface area contributed by atoms with Gasteiger partial charge in [0.2, 0.25) is 0 Å². The Kier molecular flexibility index (Phi) is 4.41. The van der Waals surface area contributed by atoms with Gasteiger partial charge in [0.05, 0.1) is 18.1 Å². The minimum atomic E-state index is 0.359. The van der Waals surface area contributed by atoms with Gasteiger partial charge < -0.3 is 5.32 Å². The highest BCUT2D eigenvalue weighted by molar-refractivity contribution is 5.46. The van der Waals surface area contributed by atoms with Crippen molar-refractivity contribution in [1.29, 1.82) is 0 Å². The normalized spacial score (nSPS) is 16.7. The van der Waals surface area contributed by atoms with Gasteiger partial charge in [0.1, 0.15) is 0 Å². The molecule has 0 amide bonds. The van der Waals surface area contributed by atoms with Crippen molar-refractivity contribution in [2.75, 3.05) is 0 Å². The summed E-state index contributed by atoms with van der Waals surface area (Å²) >= 11 is 0. The van der Waals surface area contributed by atoms with E-state index in [2.05, 4.69) is 60.3 Å². The Morgan fingerprint density at radius 2 is 2.00 bits per heavy atom. The number of rotatable bonds is 4. The Morgan fingerprint density at radius 3 is 2.77 bits per heavy atom. The third-order valence-corrected chi connectivity index (χ3v) is 5.86. The molecule has 1 aliphatic carbocycles. The van der Waals surface area contributed by atoms with E-state index in [4.69, 9.17) is 5.10 Å². The van der Waals surface area contributed by atoms with Gasteiger partial charge in [0.25, 0.3) is 0 Å². The van der Waals surface area contributed by atoms with Crippen LogP contribution in [0.4, 0.5) is 0 Å². The van der Waals surface area contributed by atoms with Crippen LogP contribution in [-0.4, -0.2) is 19.6 Å². The maximum Gasteiger partial charge on any atom is 0.0680 e. The van der Waals surface area contributed by atoms with Crippen molar-refractivity contribution >= 4 is 0 Å². The third kappa shape index (κ3) is 2.86. The van der Waals surface area contributed by atoms with Crippen LogP contribution in [0.3, 0.4) is 0 Å². The minimum absolute atomic E-state index is 0.359. The predicted octanol–water partition coefficient (Wildman–Crippen LogP) is 3.70. The average molecular weight is 349 g/mol. The van der Waals surface area contributed by atoms with Crippen molar-refractivity contribution in [1.82, 2.24) is 24.9 Å². The first kappa shape index (κ1) is 17.0. The zero-order valence-corrected chi connectivity index (χ0v) is 16.1. The Morgan fingerprint density at radius 1 is 1.15 bits per heavy atom. The molecule has 0 saturated heterocycles. The van der Waals surface area contributed by atoms with Crippen molar-refractivity contribution in [3.8, 4) is 5.69 Å². The molecule has 5 nitrogen and oxygen atoms in total. The van der Waals surface area contributed by atoms with E-state index in [1.165, 1.54) is 45.7 Å². The standard InChI is InChI=1S/C21H27N5/c1-14-7-5-9-20(15(14)2)26-21-10-6-8-19(18(21)13-24-26)22-11-17-12-23-25(4)16(17)3/h5,7,9,12-13,19,22H,6,8,10-11H2,1-4H3/t19-/m0/s1. The topological polar surface area (TPSA) is 47.7 Å². The zero-order chi connectivity index (χ0) is 18.3. The summed E-state index contributed by atoms with van der Waals surface area (Å²) in [5, 5.41) is 12.8. The van der Waals surface area contributed by atoms with Crippen molar-refractivity contribution in [3.05, 3.63) is 64.2 Å². The van der Waals surface area contributed by atoms with Crippen LogP contribution in [0.1, 0.15) is 52.5 Å². The quantitative estimate of drug-likeness (QED) is 0.781. The Labute approximate surface area is 155 Å². The molecular formula is C21H27N5. The third-order valence-electron chi connectivity index (χ3n) is 5.86. The predicted molar refractivity (Wildman–Crippen MR) is 104 cm³/mol. The van der Waals surface area contributed by atoms with Gasteiger partial charge in [-0.1, -0.05) is 12.1 Å². The highest BCUT2D eigenvalue weighted by Gasteiger charge is 2.25. The fraction of sp³-hybridized carbons (Fsp3) is 0.429. The van der Waals surface area contributed by atoms with Crippen LogP contribution in [0.15, 0.2) is 30.6 Å². The van der Waals surface area contributed by atoms with Crippen LogP contribution < -0.4 is 5.32 Å². The monoisotopic (exact) mass is 349 g/mol. The lowest BCUT2D eigenvalue weighted by Gasteiger charge is -2.24. The van der Waals surface area contributed by atoms with Gasteiger partial charge in [-0.25, -0.2) is 4.68 Å². The van der Waals surface area contributed by atoms with E-state index >= 15 is 0 Å². The van der Waals surface area contributed by atoms with E-state index in [1.807, 2.05) is 17.9 Å². The molecule has 4 rings (SSSR count). The largest absolute Gasteiger partial charge is 0.306 e. The van der Waals surface area contributed by atoms with Crippen molar-refractivity contribution in [2.45, 2.75) is 52.6 Å². The number of aromatic nitrogens is 4. The SMILES string of the molecule is Cc1cccc(-n2ncc3c2CCC[C@@H]3NCc2cnn(C)c2C)c1C. The molecule has 0 unspecified atom stereocenters. The summed E-state index contributed by atoms with van der Waals surface area (Å²) in [6.45, 7) is 7.31. The summed E-state index contributed by atoms with van der Waals surface area (Å²) in [4.78, 5) is 0. The van der Waals surface area contributed by atoms with Crippen molar-refractivity contribution in [2.24, 2.45) is 7.05 Å². The highest BCUT2D eigenvalue weighted by atomic mass is 15.3. The van der Waals surface area contributed by atoms with E-state index in [0.29, 0.717) is 6.04 Å². The lowest BCUT2D eigenvalue weighted by Crippen LogP contribution is -2.25. The Bertz CT molecular complexity index is 934. The number of benzene rings is 1. The number of hydrogen-bond donors (Lipinski definition) is 1. The van der Waals surface area contributed by atoms with Crippen LogP contribution in [0.5, 0.6) is 0 Å². The molecular weight excluding hydrogens is 322 g/mol. The Hall–Kier alpha value is -2.40. The number of nitrogens with one attached hydrogen (secondary N) is 1. The van der Waals surface area contributed by atoms with Crippen LogP contribution in [0.2, 0.25) is 0 Å². The molecule has 0 bridgehead atoms. The second-order valence-corrected chi connectivity index (χ2v) is 7.38. The van der Waals surface area contributed by atoms with E-state index in [-0.39, 0.29) is 0 Å². The molecule has 0 saturated carbocycles. The van der Waals surface area contributed by atoms with E-state index < -0.39 is 0 Å². The number of nitrogens with zero attached hydrogens (tertiary/aromatic N) is 4. The summed E-state index contributed by atoms with van der Waals surface area (Å²) < 4.78 is 4.09. The lowest BCUT2D eigenvalue weighted by molar-refractivity contribution is 0.454. The van der Waals surface area contributed by atoms with Crippen LogP contribution in [0.25, 0.3) is 5.69 Å². The second-order valence-electron chi connectivity index (χ2n) is 7.38. The summed E-state index contributed by atoms with van der Waals surface area (Å²) in [7, 11) is 1.99. The molecule has 1 N–H and O–H groups in total. The van der Waals surface area contributed by atoms with Gasteiger partial charge >= 0.3 is 0 Å². The molecule has 2 heterocycles. The molecule has 1 atom stereocenters. The Balaban J connectivity index is 1.61. The fourth-order valence-electron chi connectivity index (χ4n) is 3.89. The van der Waals surface area contributed by atoms with Crippen LogP contribution in [0, 0.1) is 20.8 Å². The maximum atomic E-state index is 4.76. The molecule has 2 aromatic heterocycles. The molecule has 26 heavy (non-hydrogen) atoms. The summed E-state index contributed by atoms with van der Waals surface area (Å²) in [5.41, 5.74) is 9.00. The molecule has 0 fully saturated rings. The zero-order valence-electron chi connectivity index (χ0n) is 16.1. The molecule has 5 heteroatoms. The molecule has 0 radical (unpaired) electrons. The molecule has 3 aromatic rings. The first-order chi connectivity index (χ1) is 12.6. The van der Waals surface area contributed by atoms with E-state index in [1.54, 1.807) is 0 Å². The minimum Gasteiger partial charge on any atom is -0.306 e. The molecule has 0 spiro atoms. The van der Waals surface area contributed by atoms with Crippen LogP contribution >= 0.6 is 0 Å². The maximum absolute atomic E-state index is 4.76. The molecule has 1 aliphatic rings. The van der Waals surface area contributed by atoms with E-state index in [0.717, 1.165) is 19.4 Å². The van der Waals surface area contributed by atoms with Crippen LogP contribution in [-0.2, 0) is 20.0 Å². The number of hydrogen-bond acceptors (Lipinski definition) is 3. The number of fused-ring (bicyclic) bond motifs is 1. The number of aryl methyl sites for hydroxylation is 2. The van der Waals surface area contributed by atoms with Gasteiger partial charge in [0.15, 0.2) is 0 Å². The average Bonchev–Trinajstić information content (AvgIpc) is 3.20. The van der Waals surface area contributed by atoms with Gasteiger partial charge in [-0.2, -0.15) is 10.2 Å². The van der Waals surface area contributed by atoms with Crippen molar-refractivity contribution in [3.63, 3.8) is 0 Å². The first-order valence-corrected chi connectivity index (χ1v) is 9.40. The van der Waals surface area contributed by atoms with E-state index in [9.17, 15) is 0 Å². The van der Waals surface area contributed by atoms with Gasteiger partial charge in [-0.3, -0.25) is 4.68 Å². The fourth-order valence-corrected chi connectivity index (χ4v) is 3.89. The van der Waals surface area contributed by atoms with Gasteiger partial charge in [-0.15, -0.1) is 0 Å². The first-order valence-electron chi connectivity index (χ1n) is 9.40. The molecule has 0 aliphatic heterocycles. The van der Waals surface area contributed by atoms with Gasteiger partial charge in [-0.05, 0) is 57.2 Å². The molecule has 1 aromatic carbocycles. The lowest BCUT2D eigenvalue weighted by atomic mass is 9.92. The van der Waals surface area contributed by atoms with Gasteiger partial charge in [0, 0.05) is 42.1 Å². The molecule has 136 valence electrons. The van der Waals surface area contributed by atoms with Crippen molar-refractivity contribution < 1.29 is 0 Å². The summed E-state index contributed by atoms with van der Waals surface area (Å²) in [6.07, 6.45) is 7.46. The summed E-state index contributed by atoms with van der Waals surface area (Å²) in [5.74, 6) is 0.